The number of carbonyl (C=O) groups excluding carboxylic acids is 1. The lowest BCUT2D eigenvalue weighted by Crippen LogP contribution is -2.54. The molecule has 1 aliphatic carbocycles. The van der Waals surface area contributed by atoms with Crippen molar-refractivity contribution in [3.05, 3.63) is 0 Å². The van der Waals surface area contributed by atoms with Gasteiger partial charge in [-0.05, 0) is 19.8 Å². The van der Waals surface area contributed by atoms with E-state index in [0.29, 0.717) is 13.0 Å². The molecule has 1 saturated heterocycles. The van der Waals surface area contributed by atoms with Crippen molar-refractivity contribution in [3.63, 3.8) is 0 Å². The second kappa shape index (κ2) is 6.87. The number of hydrogen-bond donors (Lipinski definition) is 1. The first-order valence-electron chi connectivity index (χ1n) is 7.87. The SMILES string of the molecule is CC(CN)N(C)C(=O)CC1(N2CCOCC2)CCCC1. The first-order valence-corrected chi connectivity index (χ1v) is 7.87. The maximum atomic E-state index is 12.6. The number of ether oxygens (including phenoxy) is 1. The average Bonchev–Trinajstić information content (AvgIpc) is 2.96. The molecular weight excluding hydrogens is 254 g/mol. The molecule has 0 aromatic carbocycles. The van der Waals surface area contributed by atoms with E-state index >= 15 is 0 Å². The monoisotopic (exact) mass is 283 g/mol. The fraction of sp³-hybridized carbons (Fsp3) is 0.933. The zero-order chi connectivity index (χ0) is 14.6. The number of amides is 1. The molecule has 5 heteroatoms. The second-order valence-electron chi connectivity index (χ2n) is 6.30. The van der Waals surface area contributed by atoms with Gasteiger partial charge in [-0.1, -0.05) is 12.8 Å². The number of nitrogens with two attached hydrogens (primary N) is 1. The summed E-state index contributed by atoms with van der Waals surface area (Å²) in [6.45, 7) is 6.05. The van der Waals surface area contributed by atoms with Gasteiger partial charge in [0.15, 0.2) is 0 Å². The standard InChI is InChI=1S/C15H29N3O2/c1-13(12-16)17(2)14(19)11-15(5-3-4-6-15)18-7-9-20-10-8-18/h13H,3-12,16H2,1-2H3. The summed E-state index contributed by atoms with van der Waals surface area (Å²) >= 11 is 0. The van der Waals surface area contributed by atoms with Gasteiger partial charge < -0.3 is 15.4 Å². The second-order valence-corrected chi connectivity index (χ2v) is 6.30. The van der Waals surface area contributed by atoms with E-state index in [9.17, 15) is 4.79 Å². The summed E-state index contributed by atoms with van der Waals surface area (Å²) in [5.41, 5.74) is 5.75. The average molecular weight is 283 g/mol. The summed E-state index contributed by atoms with van der Waals surface area (Å²) < 4.78 is 5.46. The molecule has 1 amide bonds. The molecule has 5 nitrogen and oxygen atoms in total. The lowest BCUT2D eigenvalue weighted by Gasteiger charge is -2.44. The van der Waals surface area contributed by atoms with Crippen molar-refractivity contribution in [1.82, 2.24) is 9.80 Å². The van der Waals surface area contributed by atoms with E-state index < -0.39 is 0 Å². The Hall–Kier alpha value is -0.650. The number of likely N-dealkylation sites (N-methyl/N-ethyl adjacent to an activating group) is 1. The first-order chi connectivity index (χ1) is 9.59. The largest absolute Gasteiger partial charge is 0.379 e. The minimum absolute atomic E-state index is 0.0729. The van der Waals surface area contributed by atoms with Gasteiger partial charge in [-0.15, -0.1) is 0 Å². The molecule has 2 aliphatic rings. The van der Waals surface area contributed by atoms with Gasteiger partial charge in [-0.25, -0.2) is 0 Å². The minimum atomic E-state index is 0.0729. The molecule has 1 atom stereocenters. The van der Waals surface area contributed by atoms with Crippen molar-refractivity contribution in [2.45, 2.75) is 50.6 Å². The minimum Gasteiger partial charge on any atom is -0.379 e. The Morgan fingerprint density at radius 1 is 1.35 bits per heavy atom. The smallest absolute Gasteiger partial charge is 0.224 e. The third-order valence-corrected chi connectivity index (χ3v) is 5.09. The topological polar surface area (TPSA) is 58.8 Å². The van der Waals surface area contributed by atoms with Crippen LogP contribution in [-0.2, 0) is 9.53 Å². The van der Waals surface area contributed by atoms with E-state index in [4.69, 9.17) is 10.5 Å². The van der Waals surface area contributed by atoms with Crippen molar-refractivity contribution in [1.29, 1.82) is 0 Å². The van der Waals surface area contributed by atoms with Crippen LogP contribution in [0.25, 0.3) is 0 Å². The van der Waals surface area contributed by atoms with Gasteiger partial charge in [0.25, 0.3) is 0 Å². The number of morpholine rings is 1. The van der Waals surface area contributed by atoms with Crippen LogP contribution in [0.3, 0.4) is 0 Å². The quantitative estimate of drug-likeness (QED) is 0.812. The molecule has 0 bridgehead atoms. The molecular formula is C15H29N3O2. The van der Waals surface area contributed by atoms with Crippen LogP contribution in [0.2, 0.25) is 0 Å². The van der Waals surface area contributed by atoms with E-state index in [1.807, 2.05) is 18.9 Å². The molecule has 2 N–H and O–H groups in total. The Morgan fingerprint density at radius 2 is 1.95 bits per heavy atom. The summed E-state index contributed by atoms with van der Waals surface area (Å²) in [4.78, 5) is 16.9. The molecule has 1 heterocycles. The molecule has 1 aliphatic heterocycles. The normalized spacial score (nSPS) is 24.6. The molecule has 0 aromatic rings. The van der Waals surface area contributed by atoms with Gasteiger partial charge in [0.1, 0.15) is 0 Å². The molecule has 2 fully saturated rings. The zero-order valence-electron chi connectivity index (χ0n) is 12.9. The molecule has 0 spiro atoms. The Morgan fingerprint density at radius 3 is 2.50 bits per heavy atom. The Bertz CT molecular complexity index is 323. The number of rotatable bonds is 5. The fourth-order valence-electron chi connectivity index (χ4n) is 3.49. The van der Waals surface area contributed by atoms with Crippen molar-refractivity contribution in [2.75, 3.05) is 39.9 Å². The summed E-state index contributed by atoms with van der Waals surface area (Å²) in [6.07, 6.45) is 5.39. The van der Waals surface area contributed by atoms with Crippen LogP contribution >= 0.6 is 0 Å². The van der Waals surface area contributed by atoms with Crippen LogP contribution in [-0.4, -0.2) is 67.2 Å². The van der Waals surface area contributed by atoms with Crippen LogP contribution in [0.4, 0.5) is 0 Å². The van der Waals surface area contributed by atoms with Crippen LogP contribution in [0.5, 0.6) is 0 Å². The molecule has 20 heavy (non-hydrogen) atoms. The fourth-order valence-corrected chi connectivity index (χ4v) is 3.49. The highest BCUT2D eigenvalue weighted by Crippen LogP contribution is 2.39. The number of hydrogen-bond acceptors (Lipinski definition) is 4. The van der Waals surface area contributed by atoms with Crippen LogP contribution in [0, 0.1) is 0 Å². The van der Waals surface area contributed by atoms with E-state index in [2.05, 4.69) is 4.90 Å². The van der Waals surface area contributed by atoms with Crippen LogP contribution in [0.15, 0.2) is 0 Å². The summed E-state index contributed by atoms with van der Waals surface area (Å²) in [7, 11) is 1.88. The van der Waals surface area contributed by atoms with Crippen molar-refractivity contribution >= 4 is 5.91 Å². The number of carbonyl (C=O) groups is 1. The third-order valence-electron chi connectivity index (χ3n) is 5.09. The Kier molecular flexibility index (Phi) is 5.41. The lowest BCUT2D eigenvalue weighted by atomic mass is 9.89. The highest BCUT2D eigenvalue weighted by Gasteiger charge is 2.42. The Labute approximate surface area is 122 Å². The van der Waals surface area contributed by atoms with E-state index in [1.165, 1.54) is 12.8 Å². The van der Waals surface area contributed by atoms with Gasteiger partial charge in [-0.2, -0.15) is 0 Å². The first kappa shape index (κ1) is 15.7. The molecule has 0 aromatic heterocycles. The van der Waals surface area contributed by atoms with Gasteiger partial charge in [0, 0.05) is 44.7 Å². The van der Waals surface area contributed by atoms with Gasteiger partial charge in [0.2, 0.25) is 5.91 Å². The van der Waals surface area contributed by atoms with E-state index in [0.717, 1.165) is 39.1 Å². The zero-order valence-corrected chi connectivity index (χ0v) is 12.9. The van der Waals surface area contributed by atoms with E-state index in [1.54, 1.807) is 0 Å². The highest BCUT2D eigenvalue weighted by molar-refractivity contribution is 5.77. The van der Waals surface area contributed by atoms with Crippen LogP contribution in [0.1, 0.15) is 39.0 Å². The van der Waals surface area contributed by atoms with Crippen molar-refractivity contribution in [2.24, 2.45) is 5.73 Å². The van der Waals surface area contributed by atoms with Crippen LogP contribution < -0.4 is 5.73 Å². The Balaban J connectivity index is 2.03. The highest BCUT2D eigenvalue weighted by atomic mass is 16.5. The summed E-state index contributed by atoms with van der Waals surface area (Å²) in [5.74, 6) is 0.233. The molecule has 1 saturated carbocycles. The van der Waals surface area contributed by atoms with E-state index in [-0.39, 0.29) is 17.5 Å². The van der Waals surface area contributed by atoms with Crippen molar-refractivity contribution in [3.8, 4) is 0 Å². The maximum Gasteiger partial charge on any atom is 0.224 e. The van der Waals surface area contributed by atoms with Crippen molar-refractivity contribution < 1.29 is 9.53 Å². The predicted molar refractivity (Wildman–Crippen MR) is 79.5 cm³/mol. The molecule has 2 rings (SSSR count). The summed E-state index contributed by atoms with van der Waals surface area (Å²) in [5, 5.41) is 0. The molecule has 1 unspecified atom stereocenters. The number of nitrogens with zero attached hydrogens (tertiary/aromatic N) is 2. The predicted octanol–water partition coefficient (Wildman–Crippen LogP) is 0.827. The van der Waals surface area contributed by atoms with Gasteiger partial charge in [-0.3, -0.25) is 9.69 Å². The van der Waals surface area contributed by atoms with Gasteiger partial charge in [0.05, 0.1) is 13.2 Å². The molecule has 116 valence electrons. The maximum absolute atomic E-state index is 12.6. The third kappa shape index (κ3) is 3.32. The summed E-state index contributed by atoms with van der Waals surface area (Å²) in [6, 6.07) is 0.116. The van der Waals surface area contributed by atoms with Gasteiger partial charge >= 0.3 is 0 Å². The molecule has 0 radical (unpaired) electrons. The lowest BCUT2D eigenvalue weighted by molar-refractivity contribution is -0.136.